The highest BCUT2D eigenvalue weighted by molar-refractivity contribution is 6.07. The van der Waals surface area contributed by atoms with Crippen LogP contribution in [0.1, 0.15) is 37.2 Å². The smallest absolute Gasteiger partial charge is 0.339 e. The molecule has 0 fully saturated rings. The molecule has 1 heterocycles. The molecule has 1 amide bonds. The van der Waals surface area contributed by atoms with Gasteiger partial charge in [0.25, 0.3) is 5.91 Å². The topological polar surface area (TPSA) is 82.4 Å². The minimum absolute atomic E-state index is 0.0915. The van der Waals surface area contributed by atoms with Crippen LogP contribution in [-0.4, -0.2) is 34.9 Å². The molecular weight excluding hydrogens is 358 g/mol. The molecule has 0 bridgehead atoms. The molecule has 7 heteroatoms. The van der Waals surface area contributed by atoms with E-state index in [1.54, 1.807) is 36.2 Å². The van der Waals surface area contributed by atoms with E-state index >= 15 is 0 Å². The third-order valence-electron chi connectivity index (χ3n) is 4.39. The van der Waals surface area contributed by atoms with Gasteiger partial charge in [-0.05, 0) is 38.3 Å². The van der Waals surface area contributed by atoms with Gasteiger partial charge in [-0.2, -0.15) is 5.10 Å². The summed E-state index contributed by atoms with van der Waals surface area (Å²) < 4.78 is 12.4. The van der Waals surface area contributed by atoms with Crippen LogP contribution in [0, 0.1) is 0 Å². The Labute approximate surface area is 163 Å². The van der Waals surface area contributed by atoms with Crippen molar-refractivity contribution in [1.82, 2.24) is 9.78 Å². The molecule has 7 nitrogen and oxygen atoms in total. The molecule has 3 aromatic rings. The van der Waals surface area contributed by atoms with Crippen LogP contribution in [0.3, 0.4) is 0 Å². The number of aromatic nitrogens is 2. The van der Waals surface area contributed by atoms with Gasteiger partial charge in [0.1, 0.15) is 11.6 Å². The fourth-order valence-corrected chi connectivity index (χ4v) is 2.96. The normalized spacial score (nSPS) is 12.0. The molecule has 1 N–H and O–H groups in total. The molecule has 3 rings (SSSR count). The number of methoxy groups -OCH3 is 1. The Hall–Kier alpha value is -3.35. The van der Waals surface area contributed by atoms with E-state index in [2.05, 4.69) is 10.4 Å². The minimum atomic E-state index is -0.969. The molecule has 0 spiro atoms. The number of amides is 1. The predicted molar refractivity (Wildman–Crippen MR) is 107 cm³/mol. The molecule has 28 heavy (non-hydrogen) atoms. The molecule has 146 valence electrons. The molecule has 0 radical (unpaired) electrons. The molecule has 0 saturated heterocycles. The van der Waals surface area contributed by atoms with Gasteiger partial charge >= 0.3 is 5.97 Å². The van der Waals surface area contributed by atoms with Gasteiger partial charge in [0, 0.05) is 17.5 Å². The van der Waals surface area contributed by atoms with E-state index in [0.29, 0.717) is 22.5 Å². The lowest BCUT2D eigenvalue weighted by Crippen LogP contribution is -2.31. The van der Waals surface area contributed by atoms with Crippen molar-refractivity contribution in [2.24, 2.45) is 0 Å². The van der Waals surface area contributed by atoms with Gasteiger partial charge in [-0.1, -0.05) is 24.3 Å². The summed E-state index contributed by atoms with van der Waals surface area (Å²) >= 11 is 0. The second-order valence-electron chi connectivity index (χ2n) is 6.65. The van der Waals surface area contributed by atoms with E-state index in [1.807, 2.05) is 38.1 Å². The summed E-state index contributed by atoms with van der Waals surface area (Å²) in [6, 6.07) is 12.5. The number of carbonyl (C=O) groups excluding carboxylic acids is 2. The minimum Gasteiger partial charge on any atom is -0.496 e. The molecule has 0 aliphatic heterocycles. The fraction of sp³-hybridized carbons (Fsp3) is 0.286. The van der Waals surface area contributed by atoms with Gasteiger partial charge in [0.05, 0.1) is 18.9 Å². The van der Waals surface area contributed by atoms with Crippen LogP contribution in [0.15, 0.2) is 48.7 Å². The lowest BCUT2D eigenvalue weighted by Gasteiger charge is -2.16. The zero-order valence-electron chi connectivity index (χ0n) is 16.3. The number of anilines is 1. The number of hydrogen-bond acceptors (Lipinski definition) is 5. The Kier molecular flexibility index (Phi) is 5.63. The standard InChI is InChI=1S/C21H23N3O4/c1-13(2)24-19(11-12-22-24)23-20(25)14(3)28-21(26)17-9-10-18(27-4)16-8-6-5-7-15(16)17/h5-14H,1-4H3,(H,23,25)/t14-/m1/s1. The van der Waals surface area contributed by atoms with Crippen LogP contribution in [0.2, 0.25) is 0 Å². The van der Waals surface area contributed by atoms with Gasteiger partial charge in [-0.3, -0.25) is 4.79 Å². The Morgan fingerprint density at radius 2 is 1.75 bits per heavy atom. The zero-order chi connectivity index (χ0) is 20.3. The molecule has 0 unspecified atom stereocenters. The lowest BCUT2D eigenvalue weighted by atomic mass is 10.0. The fourth-order valence-electron chi connectivity index (χ4n) is 2.96. The monoisotopic (exact) mass is 381 g/mol. The number of esters is 1. The zero-order valence-corrected chi connectivity index (χ0v) is 16.3. The molecule has 1 aromatic heterocycles. The number of nitrogens with zero attached hydrogens (tertiary/aromatic N) is 2. The number of hydrogen-bond donors (Lipinski definition) is 1. The summed E-state index contributed by atoms with van der Waals surface area (Å²) in [7, 11) is 1.58. The number of carbonyl (C=O) groups is 2. The van der Waals surface area contributed by atoms with Crippen molar-refractivity contribution in [3.05, 3.63) is 54.2 Å². The van der Waals surface area contributed by atoms with E-state index in [-0.39, 0.29) is 6.04 Å². The van der Waals surface area contributed by atoms with E-state index in [0.717, 1.165) is 5.39 Å². The first-order valence-electron chi connectivity index (χ1n) is 9.03. The number of benzene rings is 2. The van der Waals surface area contributed by atoms with Gasteiger partial charge in [-0.25, -0.2) is 9.48 Å². The van der Waals surface area contributed by atoms with Crippen LogP contribution >= 0.6 is 0 Å². The lowest BCUT2D eigenvalue weighted by molar-refractivity contribution is -0.123. The maximum Gasteiger partial charge on any atom is 0.339 e. The Bertz CT molecular complexity index is 1010. The highest BCUT2D eigenvalue weighted by Gasteiger charge is 2.22. The summed E-state index contributed by atoms with van der Waals surface area (Å²) in [6.07, 6.45) is 0.638. The number of nitrogens with one attached hydrogen (secondary N) is 1. The summed E-state index contributed by atoms with van der Waals surface area (Å²) in [4.78, 5) is 25.2. The highest BCUT2D eigenvalue weighted by atomic mass is 16.5. The summed E-state index contributed by atoms with van der Waals surface area (Å²) in [5.74, 6) is 0.227. The van der Waals surface area contributed by atoms with Crippen molar-refractivity contribution in [1.29, 1.82) is 0 Å². The third kappa shape index (κ3) is 3.83. The molecule has 0 saturated carbocycles. The van der Waals surface area contributed by atoms with Crippen LogP contribution in [0.25, 0.3) is 10.8 Å². The molecular formula is C21H23N3O4. The number of ether oxygens (including phenoxy) is 2. The van der Waals surface area contributed by atoms with E-state index in [9.17, 15) is 9.59 Å². The second kappa shape index (κ2) is 8.12. The van der Waals surface area contributed by atoms with E-state index in [1.165, 1.54) is 6.92 Å². The van der Waals surface area contributed by atoms with Crippen LogP contribution < -0.4 is 10.1 Å². The number of rotatable bonds is 6. The van der Waals surface area contributed by atoms with Gasteiger partial charge in [0.15, 0.2) is 6.10 Å². The van der Waals surface area contributed by atoms with Crippen molar-refractivity contribution < 1.29 is 19.1 Å². The largest absolute Gasteiger partial charge is 0.496 e. The Balaban J connectivity index is 1.76. The van der Waals surface area contributed by atoms with E-state index in [4.69, 9.17) is 9.47 Å². The van der Waals surface area contributed by atoms with Crippen LogP contribution in [-0.2, 0) is 9.53 Å². The SMILES string of the molecule is COc1ccc(C(=O)O[C@H](C)C(=O)Nc2ccnn2C(C)C)c2ccccc12. The van der Waals surface area contributed by atoms with Crippen molar-refractivity contribution in [2.45, 2.75) is 32.9 Å². The quantitative estimate of drug-likeness (QED) is 0.657. The first-order valence-corrected chi connectivity index (χ1v) is 9.03. The van der Waals surface area contributed by atoms with Gasteiger partial charge in [-0.15, -0.1) is 0 Å². The van der Waals surface area contributed by atoms with Crippen LogP contribution in [0.5, 0.6) is 5.75 Å². The third-order valence-corrected chi connectivity index (χ3v) is 4.39. The maximum absolute atomic E-state index is 12.7. The van der Waals surface area contributed by atoms with E-state index < -0.39 is 18.0 Å². The number of fused-ring (bicyclic) bond motifs is 1. The van der Waals surface area contributed by atoms with Crippen molar-refractivity contribution in [2.75, 3.05) is 12.4 Å². The highest BCUT2D eigenvalue weighted by Crippen LogP contribution is 2.29. The molecule has 0 aliphatic carbocycles. The Morgan fingerprint density at radius 1 is 1.04 bits per heavy atom. The summed E-state index contributed by atoms with van der Waals surface area (Å²) in [5.41, 5.74) is 0.378. The van der Waals surface area contributed by atoms with Crippen molar-refractivity contribution in [3.63, 3.8) is 0 Å². The van der Waals surface area contributed by atoms with Crippen LogP contribution in [0.4, 0.5) is 5.82 Å². The Morgan fingerprint density at radius 3 is 2.43 bits per heavy atom. The van der Waals surface area contributed by atoms with Crippen molar-refractivity contribution in [3.8, 4) is 5.75 Å². The summed E-state index contributed by atoms with van der Waals surface area (Å²) in [6.45, 7) is 5.46. The van der Waals surface area contributed by atoms with Crippen molar-refractivity contribution >= 4 is 28.5 Å². The molecule has 1 atom stereocenters. The van der Waals surface area contributed by atoms with Gasteiger partial charge in [0.2, 0.25) is 0 Å². The average molecular weight is 381 g/mol. The predicted octanol–water partition coefficient (Wildman–Crippen LogP) is 3.81. The average Bonchev–Trinajstić information content (AvgIpc) is 3.15. The first kappa shape index (κ1) is 19.4. The summed E-state index contributed by atoms with van der Waals surface area (Å²) in [5, 5.41) is 8.43. The van der Waals surface area contributed by atoms with Gasteiger partial charge < -0.3 is 14.8 Å². The molecule has 2 aromatic carbocycles. The second-order valence-corrected chi connectivity index (χ2v) is 6.65. The maximum atomic E-state index is 12.7. The first-order chi connectivity index (χ1) is 13.4. The molecule has 0 aliphatic rings.